The molecule has 1 aromatic heterocycles. The van der Waals surface area contributed by atoms with Gasteiger partial charge in [-0.1, -0.05) is 17.8 Å². The fourth-order valence-electron chi connectivity index (χ4n) is 1.26. The zero-order valence-electron chi connectivity index (χ0n) is 8.63. The molecule has 0 radical (unpaired) electrons. The van der Waals surface area contributed by atoms with Crippen LogP contribution in [-0.4, -0.2) is 16.1 Å². The number of hydrogen-bond acceptors (Lipinski definition) is 3. The van der Waals surface area contributed by atoms with Gasteiger partial charge in [0.2, 0.25) is 0 Å². The van der Waals surface area contributed by atoms with E-state index >= 15 is 0 Å². The predicted octanol–water partition coefficient (Wildman–Crippen LogP) is 3.69. The molecule has 86 valence electrons. The first-order chi connectivity index (χ1) is 8.16. The summed E-state index contributed by atoms with van der Waals surface area (Å²) < 4.78 is 0.894. The summed E-state index contributed by atoms with van der Waals surface area (Å²) in [7, 11) is 0. The number of hydrogen-bond donors (Lipinski definition) is 1. The lowest BCUT2D eigenvalue weighted by atomic mass is 10.2. The smallest absolute Gasteiger partial charge is 0.335 e. The van der Waals surface area contributed by atoms with Crippen molar-refractivity contribution in [2.75, 3.05) is 0 Å². The fourth-order valence-corrected chi connectivity index (χ4v) is 2.62. The van der Waals surface area contributed by atoms with Crippen LogP contribution in [0, 0.1) is 0 Å². The fraction of sp³-hybridized carbons (Fsp3) is 0. The lowest BCUT2D eigenvalue weighted by molar-refractivity contribution is 0.0696. The van der Waals surface area contributed by atoms with Gasteiger partial charge in [0.25, 0.3) is 0 Å². The molecule has 0 aliphatic heterocycles. The molecule has 0 aliphatic rings. The van der Waals surface area contributed by atoms with Gasteiger partial charge in [-0.05, 0) is 40.2 Å². The van der Waals surface area contributed by atoms with Crippen molar-refractivity contribution in [3.8, 4) is 0 Å². The van der Waals surface area contributed by atoms with Crippen LogP contribution in [-0.2, 0) is 0 Å². The Hall–Kier alpha value is -1.33. The lowest BCUT2D eigenvalue weighted by Gasteiger charge is -2.04. The van der Waals surface area contributed by atoms with Crippen LogP contribution in [0.3, 0.4) is 0 Å². The van der Waals surface area contributed by atoms with E-state index in [0.29, 0.717) is 5.56 Å². The zero-order valence-corrected chi connectivity index (χ0v) is 11.0. The van der Waals surface area contributed by atoms with Gasteiger partial charge in [-0.15, -0.1) is 0 Å². The van der Waals surface area contributed by atoms with Crippen LogP contribution in [0.15, 0.2) is 57.0 Å². The molecule has 17 heavy (non-hydrogen) atoms. The SMILES string of the molecule is O=C(O)c1cccc(Sc2ccncc2Br)c1. The Bertz CT molecular complexity index is 560. The van der Waals surface area contributed by atoms with E-state index in [1.807, 2.05) is 12.1 Å². The molecule has 1 N–H and O–H groups in total. The highest BCUT2D eigenvalue weighted by molar-refractivity contribution is 9.10. The van der Waals surface area contributed by atoms with E-state index in [9.17, 15) is 4.79 Å². The molecule has 0 unspecified atom stereocenters. The van der Waals surface area contributed by atoms with Crippen molar-refractivity contribution in [2.24, 2.45) is 0 Å². The third-order valence-electron chi connectivity index (χ3n) is 2.04. The van der Waals surface area contributed by atoms with E-state index < -0.39 is 5.97 Å². The minimum Gasteiger partial charge on any atom is -0.478 e. The predicted molar refractivity (Wildman–Crippen MR) is 69.5 cm³/mol. The molecule has 1 heterocycles. The molecule has 0 amide bonds. The second kappa shape index (κ2) is 5.33. The molecular formula is C12H8BrNO2S. The number of nitrogens with zero attached hydrogens (tertiary/aromatic N) is 1. The number of pyridine rings is 1. The van der Waals surface area contributed by atoms with Crippen LogP contribution < -0.4 is 0 Å². The Kier molecular flexibility index (Phi) is 3.81. The van der Waals surface area contributed by atoms with Gasteiger partial charge < -0.3 is 5.11 Å². The molecule has 0 saturated heterocycles. The summed E-state index contributed by atoms with van der Waals surface area (Å²) in [5.41, 5.74) is 0.292. The Balaban J connectivity index is 2.28. The van der Waals surface area contributed by atoms with Gasteiger partial charge in [-0.2, -0.15) is 0 Å². The molecule has 2 rings (SSSR count). The van der Waals surface area contributed by atoms with Crippen molar-refractivity contribution in [2.45, 2.75) is 9.79 Å². The van der Waals surface area contributed by atoms with Crippen molar-refractivity contribution in [1.82, 2.24) is 4.98 Å². The average Bonchev–Trinajstić information content (AvgIpc) is 2.32. The second-order valence-electron chi connectivity index (χ2n) is 3.24. The molecule has 0 saturated carbocycles. The Labute approximate surface area is 111 Å². The van der Waals surface area contributed by atoms with Crippen molar-refractivity contribution >= 4 is 33.7 Å². The normalized spacial score (nSPS) is 10.2. The van der Waals surface area contributed by atoms with Crippen LogP contribution >= 0.6 is 27.7 Å². The number of rotatable bonds is 3. The standard InChI is InChI=1S/C12H8BrNO2S/c13-10-7-14-5-4-11(10)17-9-3-1-2-8(6-9)12(15)16/h1-7H,(H,15,16). The summed E-state index contributed by atoms with van der Waals surface area (Å²) in [4.78, 5) is 16.7. The summed E-state index contributed by atoms with van der Waals surface area (Å²) in [5, 5.41) is 8.90. The third kappa shape index (κ3) is 3.08. The van der Waals surface area contributed by atoms with Gasteiger partial charge in [-0.3, -0.25) is 4.98 Å². The summed E-state index contributed by atoms with van der Waals surface area (Å²) >= 11 is 4.90. The largest absolute Gasteiger partial charge is 0.478 e. The molecule has 1 aromatic carbocycles. The maximum absolute atomic E-state index is 10.8. The Morgan fingerprint density at radius 2 is 2.18 bits per heavy atom. The molecule has 5 heteroatoms. The third-order valence-corrected chi connectivity index (χ3v) is 4.00. The first-order valence-electron chi connectivity index (χ1n) is 4.77. The highest BCUT2D eigenvalue weighted by atomic mass is 79.9. The molecule has 2 aromatic rings. The van der Waals surface area contributed by atoms with Crippen molar-refractivity contribution in [1.29, 1.82) is 0 Å². The molecule has 3 nitrogen and oxygen atoms in total. The monoisotopic (exact) mass is 309 g/mol. The van der Waals surface area contributed by atoms with E-state index in [0.717, 1.165) is 14.3 Å². The number of aromatic carboxylic acids is 1. The summed E-state index contributed by atoms with van der Waals surface area (Å²) in [6.07, 6.45) is 3.41. The van der Waals surface area contributed by atoms with Crippen molar-refractivity contribution in [3.05, 3.63) is 52.8 Å². The van der Waals surface area contributed by atoms with E-state index in [-0.39, 0.29) is 0 Å². The molecule has 0 fully saturated rings. The topological polar surface area (TPSA) is 50.2 Å². The van der Waals surface area contributed by atoms with Crippen LogP contribution in [0.25, 0.3) is 0 Å². The molecular weight excluding hydrogens is 302 g/mol. The van der Waals surface area contributed by atoms with Crippen molar-refractivity contribution < 1.29 is 9.90 Å². The number of carbonyl (C=O) groups is 1. The Morgan fingerprint density at radius 3 is 2.88 bits per heavy atom. The van der Waals surface area contributed by atoms with Gasteiger partial charge in [0.05, 0.1) is 5.56 Å². The summed E-state index contributed by atoms with van der Waals surface area (Å²) in [6, 6.07) is 8.72. The molecule has 0 aliphatic carbocycles. The number of benzene rings is 1. The highest BCUT2D eigenvalue weighted by Crippen LogP contribution is 2.32. The van der Waals surface area contributed by atoms with E-state index in [4.69, 9.17) is 5.11 Å². The number of aromatic nitrogens is 1. The lowest BCUT2D eigenvalue weighted by Crippen LogP contribution is -1.95. The summed E-state index contributed by atoms with van der Waals surface area (Å²) in [6.45, 7) is 0. The van der Waals surface area contributed by atoms with Crippen LogP contribution in [0.2, 0.25) is 0 Å². The molecule has 0 spiro atoms. The van der Waals surface area contributed by atoms with Gasteiger partial charge in [0.1, 0.15) is 0 Å². The van der Waals surface area contributed by atoms with Gasteiger partial charge in [-0.25, -0.2) is 4.79 Å². The second-order valence-corrected chi connectivity index (χ2v) is 5.21. The van der Waals surface area contributed by atoms with Crippen LogP contribution in [0.1, 0.15) is 10.4 Å². The minimum atomic E-state index is -0.916. The maximum atomic E-state index is 10.8. The van der Waals surface area contributed by atoms with E-state index in [1.54, 1.807) is 30.6 Å². The van der Waals surface area contributed by atoms with Gasteiger partial charge in [0.15, 0.2) is 0 Å². The number of carboxylic acids is 1. The first kappa shape index (κ1) is 12.1. The highest BCUT2D eigenvalue weighted by Gasteiger charge is 2.06. The van der Waals surface area contributed by atoms with Crippen LogP contribution in [0.5, 0.6) is 0 Å². The van der Waals surface area contributed by atoms with E-state index in [2.05, 4.69) is 20.9 Å². The molecule has 0 bridgehead atoms. The average molecular weight is 310 g/mol. The quantitative estimate of drug-likeness (QED) is 0.939. The van der Waals surface area contributed by atoms with Gasteiger partial charge in [0, 0.05) is 26.7 Å². The summed E-state index contributed by atoms with van der Waals surface area (Å²) in [5.74, 6) is -0.916. The first-order valence-corrected chi connectivity index (χ1v) is 6.38. The van der Waals surface area contributed by atoms with E-state index in [1.165, 1.54) is 11.8 Å². The maximum Gasteiger partial charge on any atom is 0.335 e. The zero-order chi connectivity index (χ0) is 12.3. The van der Waals surface area contributed by atoms with Gasteiger partial charge >= 0.3 is 5.97 Å². The number of halogens is 1. The number of carboxylic acid groups (broad SMARTS) is 1. The minimum absolute atomic E-state index is 0.292. The Morgan fingerprint density at radius 1 is 1.35 bits per heavy atom. The molecule has 0 atom stereocenters. The van der Waals surface area contributed by atoms with Crippen LogP contribution in [0.4, 0.5) is 0 Å². The van der Waals surface area contributed by atoms with Crippen molar-refractivity contribution in [3.63, 3.8) is 0 Å².